The van der Waals surface area contributed by atoms with E-state index in [9.17, 15) is 0 Å². The van der Waals surface area contributed by atoms with Crippen LogP contribution in [0.25, 0.3) is 0 Å². The molecule has 0 fully saturated rings. The maximum Gasteiger partial charge on any atom is 0.0595 e. The van der Waals surface area contributed by atoms with Crippen LogP contribution in [0.2, 0.25) is 10.0 Å². The molecular formula is C9H10Cl3N. The van der Waals surface area contributed by atoms with Crippen molar-refractivity contribution >= 4 is 35.6 Å². The summed E-state index contributed by atoms with van der Waals surface area (Å²) < 4.78 is 0. The van der Waals surface area contributed by atoms with Gasteiger partial charge in [-0.3, -0.25) is 0 Å². The van der Waals surface area contributed by atoms with Crippen molar-refractivity contribution in [3.8, 4) is 0 Å². The summed E-state index contributed by atoms with van der Waals surface area (Å²) in [5.74, 6) is 0. The fourth-order valence-electron chi connectivity index (χ4n) is 1.65. The fourth-order valence-corrected chi connectivity index (χ4v) is 2.02. The summed E-state index contributed by atoms with van der Waals surface area (Å²) >= 11 is 11.7. The number of halogens is 3. The van der Waals surface area contributed by atoms with Crippen molar-refractivity contribution in [3.63, 3.8) is 0 Å². The van der Waals surface area contributed by atoms with Crippen LogP contribution in [0, 0.1) is 0 Å². The molecule has 1 nitrogen and oxygen atoms in total. The molecule has 0 atom stereocenters. The standard InChI is InChI=1S/C9H9Cl2N.ClH/c10-8-3-5-1-7(12)2-6(5)4-9(8)11;/h3-4,7H,1-2,12H2;1H. The van der Waals surface area contributed by atoms with E-state index in [-0.39, 0.29) is 18.4 Å². The molecule has 0 spiro atoms. The molecule has 13 heavy (non-hydrogen) atoms. The fraction of sp³-hybridized carbons (Fsp3) is 0.333. The highest BCUT2D eigenvalue weighted by molar-refractivity contribution is 6.42. The van der Waals surface area contributed by atoms with E-state index in [2.05, 4.69) is 0 Å². The van der Waals surface area contributed by atoms with Crippen LogP contribution >= 0.6 is 35.6 Å². The van der Waals surface area contributed by atoms with Crippen LogP contribution in [0.3, 0.4) is 0 Å². The van der Waals surface area contributed by atoms with Crippen LogP contribution in [0.4, 0.5) is 0 Å². The van der Waals surface area contributed by atoms with E-state index in [0.717, 1.165) is 12.8 Å². The number of fused-ring (bicyclic) bond motifs is 1. The molecule has 0 radical (unpaired) electrons. The Labute approximate surface area is 93.6 Å². The van der Waals surface area contributed by atoms with Gasteiger partial charge < -0.3 is 5.73 Å². The van der Waals surface area contributed by atoms with Crippen LogP contribution in [-0.4, -0.2) is 6.04 Å². The topological polar surface area (TPSA) is 26.0 Å². The zero-order valence-electron chi connectivity index (χ0n) is 6.89. The lowest BCUT2D eigenvalue weighted by atomic mass is 10.1. The van der Waals surface area contributed by atoms with E-state index in [4.69, 9.17) is 28.9 Å². The van der Waals surface area contributed by atoms with Crippen LogP contribution in [-0.2, 0) is 12.8 Å². The summed E-state index contributed by atoms with van der Waals surface area (Å²) in [6.45, 7) is 0. The Balaban J connectivity index is 0.000000845. The van der Waals surface area contributed by atoms with Gasteiger partial charge in [0, 0.05) is 6.04 Å². The zero-order chi connectivity index (χ0) is 8.72. The van der Waals surface area contributed by atoms with Crippen molar-refractivity contribution in [2.24, 2.45) is 5.73 Å². The van der Waals surface area contributed by atoms with Crippen molar-refractivity contribution in [2.45, 2.75) is 18.9 Å². The second-order valence-corrected chi connectivity index (χ2v) is 4.02. The van der Waals surface area contributed by atoms with Gasteiger partial charge in [-0.25, -0.2) is 0 Å². The lowest BCUT2D eigenvalue weighted by molar-refractivity contribution is 0.721. The second kappa shape index (κ2) is 4.05. The van der Waals surface area contributed by atoms with Gasteiger partial charge in [-0.15, -0.1) is 12.4 Å². The summed E-state index contributed by atoms with van der Waals surface area (Å²) in [5.41, 5.74) is 8.29. The van der Waals surface area contributed by atoms with Crippen LogP contribution in [0.5, 0.6) is 0 Å². The lowest BCUT2D eigenvalue weighted by Crippen LogP contribution is -2.18. The quantitative estimate of drug-likeness (QED) is 0.739. The third kappa shape index (κ3) is 2.10. The minimum atomic E-state index is 0. The second-order valence-electron chi connectivity index (χ2n) is 3.20. The molecule has 2 rings (SSSR count). The van der Waals surface area contributed by atoms with E-state index >= 15 is 0 Å². The Morgan fingerprint density at radius 2 is 1.46 bits per heavy atom. The number of rotatable bonds is 0. The van der Waals surface area contributed by atoms with Gasteiger partial charge in [-0.1, -0.05) is 23.2 Å². The lowest BCUT2D eigenvalue weighted by Gasteiger charge is -2.00. The highest BCUT2D eigenvalue weighted by Gasteiger charge is 2.19. The van der Waals surface area contributed by atoms with E-state index in [1.54, 1.807) is 0 Å². The van der Waals surface area contributed by atoms with Crippen molar-refractivity contribution in [2.75, 3.05) is 0 Å². The summed E-state index contributed by atoms with van der Waals surface area (Å²) in [6, 6.07) is 4.09. The molecule has 1 aliphatic carbocycles. The first kappa shape index (κ1) is 11.1. The predicted molar refractivity (Wildman–Crippen MR) is 59.1 cm³/mol. The third-order valence-electron chi connectivity index (χ3n) is 2.21. The van der Waals surface area contributed by atoms with E-state index in [1.165, 1.54) is 11.1 Å². The molecular weight excluding hydrogens is 228 g/mol. The predicted octanol–water partition coefficient (Wildman–Crippen LogP) is 2.84. The molecule has 0 amide bonds. The van der Waals surface area contributed by atoms with Crippen molar-refractivity contribution in [1.82, 2.24) is 0 Å². The average Bonchev–Trinajstić information content (AvgIpc) is 2.30. The highest BCUT2D eigenvalue weighted by Crippen LogP contribution is 2.30. The first-order valence-electron chi connectivity index (χ1n) is 3.89. The Morgan fingerprint density at radius 1 is 1.08 bits per heavy atom. The summed E-state index contributed by atoms with van der Waals surface area (Å²) in [5, 5.41) is 1.26. The molecule has 1 aliphatic rings. The highest BCUT2D eigenvalue weighted by atomic mass is 35.5. The van der Waals surface area contributed by atoms with Gasteiger partial charge in [0.1, 0.15) is 0 Å². The Bertz CT molecular complexity index is 294. The molecule has 1 aromatic rings. The van der Waals surface area contributed by atoms with Crippen molar-refractivity contribution in [1.29, 1.82) is 0 Å². The number of hydrogen-bond donors (Lipinski definition) is 1. The molecule has 0 unspecified atom stereocenters. The SMILES string of the molecule is Cl.NC1Cc2cc(Cl)c(Cl)cc2C1. The van der Waals surface area contributed by atoms with Gasteiger partial charge in [-0.2, -0.15) is 0 Å². The maximum atomic E-state index is 5.87. The van der Waals surface area contributed by atoms with Crippen molar-refractivity contribution in [3.05, 3.63) is 33.3 Å². The van der Waals surface area contributed by atoms with Gasteiger partial charge in [0.15, 0.2) is 0 Å². The molecule has 0 saturated heterocycles. The number of benzene rings is 1. The zero-order valence-corrected chi connectivity index (χ0v) is 9.22. The molecule has 0 heterocycles. The normalized spacial score (nSPS) is 15.3. The van der Waals surface area contributed by atoms with Gasteiger partial charge in [0.2, 0.25) is 0 Å². The average molecular weight is 239 g/mol. The molecule has 4 heteroatoms. The molecule has 2 N–H and O–H groups in total. The van der Waals surface area contributed by atoms with E-state index in [1.807, 2.05) is 12.1 Å². The van der Waals surface area contributed by atoms with Gasteiger partial charge >= 0.3 is 0 Å². The van der Waals surface area contributed by atoms with Crippen molar-refractivity contribution < 1.29 is 0 Å². The Hall–Kier alpha value is 0.0500. The molecule has 1 aromatic carbocycles. The monoisotopic (exact) mass is 237 g/mol. The largest absolute Gasteiger partial charge is 0.327 e. The smallest absolute Gasteiger partial charge is 0.0595 e. The third-order valence-corrected chi connectivity index (χ3v) is 2.93. The summed E-state index contributed by atoms with van der Waals surface area (Å²) in [6.07, 6.45) is 1.85. The molecule has 0 aromatic heterocycles. The molecule has 72 valence electrons. The minimum absolute atomic E-state index is 0. The van der Waals surface area contributed by atoms with Gasteiger partial charge in [-0.05, 0) is 36.1 Å². The van der Waals surface area contributed by atoms with E-state index in [0.29, 0.717) is 10.0 Å². The van der Waals surface area contributed by atoms with E-state index < -0.39 is 0 Å². The maximum absolute atomic E-state index is 5.87. The summed E-state index contributed by atoms with van der Waals surface area (Å²) in [4.78, 5) is 0. The first-order valence-corrected chi connectivity index (χ1v) is 4.65. The number of nitrogens with two attached hydrogens (primary N) is 1. The molecule has 0 saturated carbocycles. The van der Waals surface area contributed by atoms with Gasteiger partial charge in [0.05, 0.1) is 10.0 Å². The van der Waals surface area contributed by atoms with Crippen LogP contribution in [0.1, 0.15) is 11.1 Å². The summed E-state index contributed by atoms with van der Waals surface area (Å²) in [7, 11) is 0. The number of hydrogen-bond acceptors (Lipinski definition) is 1. The Morgan fingerprint density at radius 3 is 1.85 bits per heavy atom. The van der Waals surface area contributed by atoms with Gasteiger partial charge in [0.25, 0.3) is 0 Å². The van der Waals surface area contributed by atoms with Crippen LogP contribution in [0.15, 0.2) is 12.1 Å². The first-order chi connectivity index (χ1) is 5.66. The molecule has 0 aliphatic heterocycles. The molecule has 0 bridgehead atoms. The minimum Gasteiger partial charge on any atom is -0.327 e. The van der Waals surface area contributed by atoms with Crippen LogP contribution < -0.4 is 5.73 Å². The Kier molecular flexibility index (Phi) is 3.47.